The summed E-state index contributed by atoms with van der Waals surface area (Å²) in [5.74, 6) is 0.496. The van der Waals surface area contributed by atoms with Crippen molar-refractivity contribution < 1.29 is 4.79 Å². The topological polar surface area (TPSA) is 58.4 Å². The number of carbonyl (C=O) groups is 1. The van der Waals surface area contributed by atoms with E-state index in [-0.39, 0.29) is 17.6 Å². The van der Waals surface area contributed by atoms with Crippen LogP contribution >= 0.6 is 0 Å². The predicted molar refractivity (Wildman–Crippen MR) is 68.7 cm³/mol. The van der Waals surface area contributed by atoms with Gasteiger partial charge in [0.1, 0.15) is 0 Å². The van der Waals surface area contributed by atoms with Crippen molar-refractivity contribution in [3.63, 3.8) is 0 Å². The van der Waals surface area contributed by atoms with Crippen molar-refractivity contribution in [2.75, 3.05) is 13.1 Å². The van der Waals surface area contributed by atoms with Crippen LogP contribution in [0.5, 0.6) is 0 Å². The van der Waals surface area contributed by atoms with Gasteiger partial charge in [-0.3, -0.25) is 0 Å². The second-order valence-electron chi connectivity index (χ2n) is 6.02. The Labute approximate surface area is 104 Å². The standard InChI is InChI=1S/C13H25N3O/c1-10(2)9-15-12(17)16-8-7-13(14)6-4-3-5-11(13)16/h10-11H,3-9,14H2,1-2H3,(H,15,17). The molecule has 0 aromatic rings. The number of urea groups is 1. The smallest absolute Gasteiger partial charge is 0.317 e. The summed E-state index contributed by atoms with van der Waals surface area (Å²) in [6, 6.07) is 0.348. The molecule has 2 amide bonds. The number of fused-ring (bicyclic) bond motifs is 1. The number of nitrogens with one attached hydrogen (secondary N) is 1. The Balaban J connectivity index is 1.95. The van der Waals surface area contributed by atoms with E-state index in [1.165, 1.54) is 12.8 Å². The number of hydrogen-bond acceptors (Lipinski definition) is 2. The molecule has 0 radical (unpaired) electrons. The first-order valence-electron chi connectivity index (χ1n) is 6.86. The van der Waals surface area contributed by atoms with Crippen molar-refractivity contribution in [1.82, 2.24) is 10.2 Å². The van der Waals surface area contributed by atoms with Crippen molar-refractivity contribution in [2.24, 2.45) is 11.7 Å². The van der Waals surface area contributed by atoms with E-state index < -0.39 is 0 Å². The molecule has 2 atom stereocenters. The van der Waals surface area contributed by atoms with Gasteiger partial charge in [-0.2, -0.15) is 0 Å². The molecule has 2 unspecified atom stereocenters. The number of rotatable bonds is 2. The van der Waals surface area contributed by atoms with Crippen molar-refractivity contribution in [3.8, 4) is 0 Å². The molecule has 1 heterocycles. The van der Waals surface area contributed by atoms with Crippen LogP contribution in [0.4, 0.5) is 4.79 Å². The lowest BCUT2D eigenvalue weighted by atomic mass is 9.79. The highest BCUT2D eigenvalue weighted by Crippen LogP contribution is 2.37. The molecule has 0 spiro atoms. The van der Waals surface area contributed by atoms with Crippen LogP contribution in [-0.4, -0.2) is 35.6 Å². The summed E-state index contributed by atoms with van der Waals surface area (Å²) in [5, 5.41) is 3.01. The minimum atomic E-state index is -0.104. The van der Waals surface area contributed by atoms with E-state index >= 15 is 0 Å². The van der Waals surface area contributed by atoms with E-state index in [4.69, 9.17) is 5.73 Å². The Morgan fingerprint density at radius 2 is 2.24 bits per heavy atom. The fraction of sp³-hybridized carbons (Fsp3) is 0.923. The number of likely N-dealkylation sites (tertiary alicyclic amines) is 1. The van der Waals surface area contributed by atoms with E-state index in [0.29, 0.717) is 5.92 Å². The summed E-state index contributed by atoms with van der Waals surface area (Å²) in [7, 11) is 0. The molecule has 2 fully saturated rings. The maximum Gasteiger partial charge on any atom is 0.317 e. The Hall–Kier alpha value is -0.770. The van der Waals surface area contributed by atoms with Crippen molar-refractivity contribution in [3.05, 3.63) is 0 Å². The molecule has 98 valence electrons. The second-order valence-corrected chi connectivity index (χ2v) is 6.02. The predicted octanol–water partition coefficient (Wildman–Crippen LogP) is 1.70. The Morgan fingerprint density at radius 3 is 2.94 bits per heavy atom. The number of amides is 2. The first-order valence-corrected chi connectivity index (χ1v) is 6.86. The third-order valence-electron chi connectivity index (χ3n) is 4.15. The lowest BCUT2D eigenvalue weighted by Crippen LogP contribution is -2.56. The molecule has 4 nitrogen and oxygen atoms in total. The average Bonchev–Trinajstić information content (AvgIpc) is 2.63. The van der Waals surface area contributed by atoms with Gasteiger partial charge in [-0.15, -0.1) is 0 Å². The number of hydrogen-bond donors (Lipinski definition) is 2. The van der Waals surface area contributed by atoms with E-state index in [9.17, 15) is 4.79 Å². The zero-order valence-corrected chi connectivity index (χ0v) is 11.0. The van der Waals surface area contributed by atoms with Crippen LogP contribution in [0.25, 0.3) is 0 Å². The highest BCUT2D eigenvalue weighted by atomic mass is 16.2. The average molecular weight is 239 g/mol. The summed E-state index contributed by atoms with van der Waals surface area (Å²) < 4.78 is 0. The minimum absolute atomic E-state index is 0.0814. The van der Waals surface area contributed by atoms with Gasteiger partial charge in [0.15, 0.2) is 0 Å². The SMILES string of the molecule is CC(C)CNC(=O)N1CCC2(N)CCCCC12. The molecule has 2 rings (SSSR count). The third-order valence-corrected chi connectivity index (χ3v) is 4.15. The zero-order valence-electron chi connectivity index (χ0n) is 11.0. The molecule has 0 aromatic carbocycles. The lowest BCUT2D eigenvalue weighted by Gasteiger charge is -2.38. The first-order chi connectivity index (χ1) is 8.03. The van der Waals surface area contributed by atoms with Crippen molar-refractivity contribution >= 4 is 6.03 Å². The lowest BCUT2D eigenvalue weighted by molar-refractivity contribution is 0.157. The van der Waals surface area contributed by atoms with E-state index in [2.05, 4.69) is 19.2 Å². The van der Waals surface area contributed by atoms with E-state index in [1.807, 2.05) is 4.90 Å². The van der Waals surface area contributed by atoms with Crippen LogP contribution < -0.4 is 11.1 Å². The molecule has 17 heavy (non-hydrogen) atoms. The fourth-order valence-electron chi connectivity index (χ4n) is 3.12. The third kappa shape index (κ3) is 2.57. The minimum Gasteiger partial charge on any atom is -0.338 e. The highest BCUT2D eigenvalue weighted by Gasteiger charge is 2.47. The molecular weight excluding hydrogens is 214 g/mol. The molecule has 0 bridgehead atoms. The summed E-state index contributed by atoms with van der Waals surface area (Å²) >= 11 is 0. The maximum atomic E-state index is 12.1. The van der Waals surface area contributed by atoms with Crippen molar-refractivity contribution in [1.29, 1.82) is 0 Å². The molecule has 1 aliphatic carbocycles. The maximum absolute atomic E-state index is 12.1. The molecule has 1 saturated carbocycles. The zero-order chi connectivity index (χ0) is 12.5. The van der Waals surface area contributed by atoms with Crippen LogP contribution in [0.3, 0.4) is 0 Å². The molecule has 0 aromatic heterocycles. The number of nitrogens with zero attached hydrogens (tertiary/aromatic N) is 1. The van der Waals surface area contributed by atoms with Gasteiger partial charge in [0.05, 0.1) is 6.04 Å². The van der Waals surface area contributed by atoms with Gasteiger partial charge < -0.3 is 16.0 Å². The number of nitrogens with two attached hydrogens (primary N) is 1. The normalized spacial score (nSPS) is 32.7. The van der Waals surface area contributed by atoms with Crippen LogP contribution in [0.2, 0.25) is 0 Å². The molecular formula is C13H25N3O. The monoisotopic (exact) mass is 239 g/mol. The molecule has 1 aliphatic heterocycles. The van der Waals surface area contributed by atoms with E-state index in [0.717, 1.165) is 32.4 Å². The Bertz CT molecular complexity index is 292. The largest absolute Gasteiger partial charge is 0.338 e. The van der Waals surface area contributed by atoms with Gasteiger partial charge in [0.25, 0.3) is 0 Å². The van der Waals surface area contributed by atoms with Gasteiger partial charge in [-0.25, -0.2) is 4.79 Å². The summed E-state index contributed by atoms with van der Waals surface area (Å²) in [6.45, 7) is 5.79. The molecule has 3 N–H and O–H groups in total. The van der Waals surface area contributed by atoms with Crippen LogP contribution in [0.1, 0.15) is 46.0 Å². The quantitative estimate of drug-likeness (QED) is 0.770. The number of carbonyl (C=O) groups excluding carboxylic acids is 1. The van der Waals surface area contributed by atoms with Gasteiger partial charge in [0, 0.05) is 18.6 Å². The van der Waals surface area contributed by atoms with Gasteiger partial charge >= 0.3 is 6.03 Å². The Kier molecular flexibility index (Phi) is 3.61. The van der Waals surface area contributed by atoms with Crippen molar-refractivity contribution in [2.45, 2.75) is 57.5 Å². The van der Waals surface area contributed by atoms with Crippen LogP contribution in [0.15, 0.2) is 0 Å². The second kappa shape index (κ2) is 4.84. The summed E-state index contributed by atoms with van der Waals surface area (Å²) in [4.78, 5) is 14.1. The van der Waals surface area contributed by atoms with Crippen LogP contribution in [-0.2, 0) is 0 Å². The first kappa shape index (κ1) is 12.7. The van der Waals surface area contributed by atoms with Gasteiger partial charge in [-0.1, -0.05) is 26.7 Å². The molecule has 1 saturated heterocycles. The Morgan fingerprint density at radius 1 is 1.47 bits per heavy atom. The van der Waals surface area contributed by atoms with Gasteiger partial charge in [0.2, 0.25) is 0 Å². The summed E-state index contributed by atoms with van der Waals surface area (Å²) in [5.41, 5.74) is 6.32. The highest BCUT2D eigenvalue weighted by molar-refractivity contribution is 5.75. The van der Waals surface area contributed by atoms with Crippen LogP contribution in [0, 0.1) is 5.92 Å². The molecule has 4 heteroatoms. The molecule has 2 aliphatic rings. The summed E-state index contributed by atoms with van der Waals surface area (Å²) in [6.07, 6.45) is 5.54. The van der Waals surface area contributed by atoms with E-state index in [1.54, 1.807) is 0 Å². The fourth-order valence-corrected chi connectivity index (χ4v) is 3.12. The van der Waals surface area contributed by atoms with Gasteiger partial charge in [-0.05, 0) is 25.2 Å².